The lowest BCUT2D eigenvalue weighted by molar-refractivity contribution is 0.214. The minimum atomic E-state index is -0.220. The molecule has 0 unspecified atom stereocenters. The summed E-state index contributed by atoms with van der Waals surface area (Å²) in [6.07, 6.45) is 3.35. The summed E-state index contributed by atoms with van der Waals surface area (Å²) in [7, 11) is 1.50. The highest BCUT2D eigenvalue weighted by molar-refractivity contribution is 6.22. The van der Waals surface area contributed by atoms with E-state index in [1.54, 1.807) is 16.8 Å². The molecule has 1 N–H and O–H groups in total. The van der Waals surface area contributed by atoms with Crippen LogP contribution in [0.2, 0.25) is 0 Å². The van der Waals surface area contributed by atoms with Crippen LogP contribution in [-0.4, -0.2) is 27.2 Å². The van der Waals surface area contributed by atoms with Gasteiger partial charge in [0.15, 0.2) is 0 Å². The third kappa shape index (κ3) is 1.25. The molecular formula is C14H10N4O2. The van der Waals surface area contributed by atoms with E-state index in [4.69, 9.17) is 4.84 Å². The van der Waals surface area contributed by atoms with E-state index in [1.165, 1.54) is 7.11 Å². The summed E-state index contributed by atoms with van der Waals surface area (Å²) >= 11 is 0. The van der Waals surface area contributed by atoms with Crippen LogP contribution in [0, 0.1) is 0 Å². The Bertz CT molecular complexity index is 920. The van der Waals surface area contributed by atoms with Crippen LogP contribution < -0.4 is 5.56 Å². The predicted molar refractivity (Wildman–Crippen MR) is 73.9 cm³/mol. The molecule has 3 aromatic rings. The number of oxime groups is 1. The summed E-state index contributed by atoms with van der Waals surface area (Å²) in [5.74, 6) is 0. The van der Waals surface area contributed by atoms with Gasteiger partial charge in [0.05, 0.1) is 5.69 Å². The second-order valence-corrected chi connectivity index (χ2v) is 4.47. The first-order valence-electron chi connectivity index (χ1n) is 6.12. The maximum Gasteiger partial charge on any atom is 0.292 e. The third-order valence-electron chi connectivity index (χ3n) is 3.42. The van der Waals surface area contributed by atoms with Crippen molar-refractivity contribution in [2.75, 3.05) is 7.11 Å². The fourth-order valence-electron chi connectivity index (χ4n) is 2.65. The summed E-state index contributed by atoms with van der Waals surface area (Å²) in [5.41, 5.74) is 4.22. The smallest absolute Gasteiger partial charge is 0.292 e. The SMILES string of the molecule is CO/N=C1\c2ccccc2-c2[nH]c(=O)c3nccn3c21. The number of H-pyrrole nitrogens is 1. The van der Waals surface area contributed by atoms with Crippen molar-refractivity contribution in [3.8, 4) is 11.3 Å². The highest BCUT2D eigenvalue weighted by Crippen LogP contribution is 2.34. The number of nitrogens with zero attached hydrogens (tertiary/aromatic N) is 3. The Morgan fingerprint density at radius 2 is 2.10 bits per heavy atom. The number of fused-ring (bicyclic) bond motifs is 5. The Morgan fingerprint density at radius 1 is 1.30 bits per heavy atom. The van der Waals surface area contributed by atoms with E-state index >= 15 is 0 Å². The van der Waals surface area contributed by atoms with E-state index in [-0.39, 0.29) is 5.56 Å². The zero-order chi connectivity index (χ0) is 13.7. The monoisotopic (exact) mass is 266 g/mol. The average molecular weight is 266 g/mol. The normalized spacial score (nSPS) is 14.6. The Labute approximate surface area is 113 Å². The minimum absolute atomic E-state index is 0.220. The van der Waals surface area contributed by atoms with Crippen molar-refractivity contribution in [3.63, 3.8) is 0 Å². The highest BCUT2D eigenvalue weighted by Gasteiger charge is 2.29. The number of imidazole rings is 1. The van der Waals surface area contributed by atoms with Crippen LogP contribution in [0.5, 0.6) is 0 Å². The number of rotatable bonds is 1. The van der Waals surface area contributed by atoms with Gasteiger partial charge in [0.2, 0.25) is 5.65 Å². The fraction of sp³-hybridized carbons (Fsp3) is 0.0714. The Hall–Kier alpha value is -2.89. The standard InChI is InChI=1S/C14H10N4O2/c1-20-17-11-9-5-3-2-4-8(9)10-12(11)18-7-6-15-13(18)14(19)16-10/h2-7H,1H3,(H,16,19)/b17-11+. The van der Waals surface area contributed by atoms with Crippen LogP contribution >= 0.6 is 0 Å². The topological polar surface area (TPSA) is 71.8 Å². The van der Waals surface area contributed by atoms with Gasteiger partial charge in [-0.1, -0.05) is 29.4 Å². The molecule has 0 fully saturated rings. The summed E-state index contributed by atoms with van der Waals surface area (Å²) in [4.78, 5) is 24.0. The number of hydrogen-bond acceptors (Lipinski definition) is 4. The Balaban J connectivity index is 2.22. The number of aromatic amines is 1. The first kappa shape index (κ1) is 11.0. The molecule has 6 nitrogen and oxygen atoms in total. The molecule has 1 aliphatic rings. The predicted octanol–water partition coefficient (Wildman–Crippen LogP) is 1.40. The van der Waals surface area contributed by atoms with E-state index in [1.807, 2.05) is 24.3 Å². The molecule has 2 heterocycles. The van der Waals surface area contributed by atoms with Crippen LogP contribution in [0.25, 0.3) is 16.9 Å². The third-order valence-corrected chi connectivity index (χ3v) is 3.42. The van der Waals surface area contributed by atoms with E-state index < -0.39 is 0 Å². The van der Waals surface area contributed by atoms with Crippen molar-refractivity contribution in [1.29, 1.82) is 0 Å². The highest BCUT2D eigenvalue weighted by atomic mass is 16.6. The molecule has 20 heavy (non-hydrogen) atoms. The van der Waals surface area contributed by atoms with Crippen LogP contribution in [0.3, 0.4) is 0 Å². The largest absolute Gasteiger partial charge is 0.399 e. The van der Waals surface area contributed by atoms with Gasteiger partial charge in [-0.05, 0) is 0 Å². The zero-order valence-electron chi connectivity index (χ0n) is 10.6. The molecule has 0 spiro atoms. The van der Waals surface area contributed by atoms with Gasteiger partial charge in [-0.25, -0.2) is 4.98 Å². The quantitative estimate of drug-likeness (QED) is 0.529. The van der Waals surface area contributed by atoms with Crippen molar-refractivity contribution in [1.82, 2.24) is 14.4 Å². The number of hydrogen-bond donors (Lipinski definition) is 1. The van der Waals surface area contributed by atoms with Crippen molar-refractivity contribution in [2.24, 2.45) is 5.16 Å². The van der Waals surface area contributed by atoms with Crippen molar-refractivity contribution < 1.29 is 4.84 Å². The number of aromatic nitrogens is 3. The zero-order valence-corrected chi connectivity index (χ0v) is 10.6. The molecule has 0 saturated carbocycles. The number of nitrogens with one attached hydrogen (secondary N) is 1. The van der Waals surface area contributed by atoms with Crippen LogP contribution in [0.1, 0.15) is 11.3 Å². The van der Waals surface area contributed by atoms with Gasteiger partial charge in [-0.15, -0.1) is 0 Å². The van der Waals surface area contributed by atoms with Gasteiger partial charge in [0.1, 0.15) is 18.5 Å². The fourth-order valence-corrected chi connectivity index (χ4v) is 2.65. The van der Waals surface area contributed by atoms with E-state index in [0.717, 1.165) is 22.5 Å². The van der Waals surface area contributed by atoms with Gasteiger partial charge in [0, 0.05) is 23.5 Å². The van der Waals surface area contributed by atoms with Gasteiger partial charge in [-0.3, -0.25) is 9.20 Å². The van der Waals surface area contributed by atoms with Crippen LogP contribution in [0.4, 0.5) is 0 Å². The first-order chi connectivity index (χ1) is 9.81. The maximum absolute atomic E-state index is 12.1. The molecule has 0 amide bonds. The second-order valence-electron chi connectivity index (χ2n) is 4.47. The summed E-state index contributed by atoms with van der Waals surface area (Å²) in [6.45, 7) is 0. The molecule has 6 heteroatoms. The lowest BCUT2D eigenvalue weighted by Crippen LogP contribution is -2.15. The van der Waals surface area contributed by atoms with E-state index in [9.17, 15) is 4.79 Å². The minimum Gasteiger partial charge on any atom is -0.399 e. The molecular weight excluding hydrogens is 256 g/mol. The van der Waals surface area contributed by atoms with Crippen molar-refractivity contribution in [2.45, 2.75) is 0 Å². The molecule has 98 valence electrons. The molecule has 1 aliphatic carbocycles. The van der Waals surface area contributed by atoms with Crippen molar-refractivity contribution >= 4 is 11.4 Å². The van der Waals surface area contributed by atoms with E-state index in [0.29, 0.717) is 11.4 Å². The molecule has 0 bridgehead atoms. The summed E-state index contributed by atoms with van der Waals surface area (Å²) in [6, 6.07) is 7.76. The van der Waals surface area contributed by atoms with Gasteiger partial charge >= 0.3 is 0 Å². The van der Waals surface area contributed by atoms with Crippen molar-refractivity contribution in [3.05, 3.63) is 58.3 Å². The first-order valence-corrected chi connectivity index (χ1v) is 6.12. The van der Waals surface area contributed by atoms with Gasteiger partial charge in [-0.2, -0.15) is 0 Å². The molecule has 4 rings (SSSR count). The van der Waals surface area contributed by atoms with Crippen LogP contribution in [0.15, 0.2) is 46.6 Å². The lowest BCUT2D eigenvalue weighted by Gasteiger charge is -2.04. The molecule has 0 radical (unpaired) electrons. The Kier molecular flexibility index (Phi) is 2.09. The Morgan fingerprint density at radius 3 is 2.90 bits per heavy atom. The second kappa shape index (κ2) is 3.80. The van der Waals surface area contributed by atoms with Crippen LogP contribution in [-0.2, 0) is 4.84 Å². The molecule has 1 aromatic carbocycles. The summed E-state index contributed by atoms with van der Waals surface area (Å²) < 4.78 is 1.74. The van der Waals surface area contributed by atoms with Gasteiger partial charge < -0.3 is 9.82 Å². The number of benzene rings is 1. The molecule has 2 aromatic heterocycles. The van der Waals surface area contributed by atoms with E-state index in [2.05, 4.69) is 15.1 Å². The molecule has 0 atom stereocenters. The lowest BCUT2D eigenvalue weighted by atomic mass is 10.1. The average Bonchev–Trinajstić information content (AvgIpc) is 3.04. The molecule has 0 aliphatic heterocycles. The summed E-state index contributed by atoms with van der Waals surface area (Å²) in [5, 5.41) is 4.11. The van der Waals surface area contributed by atoms with Gasteiger partial charge in [0.25, 0.3) is 5.56 Å². The maximum atomic E-state index is 12.1. The molecule has 0 saturated heterocycles.